The van der Waals surface area contributed by atoms with Gasteiger partial charge in [-0.1, -0.05) is 24.3 Å². The summed E-state index contributed by atoms with van der Waals surface area (Å²) in [6.07, 6.45) is 2.78. The van der Waals surface area contributed by atoms with E-state index in [4.69, 9.17) is 5.73 Å². The van der Waals surface area contributed by atoms with Crippen LogP contribution in [0, 0.1) is 5.82 Å². The molecule has 3 rings (SSSR count). The molecular weight excluding hydrogens is 279 g/mol. The van der Waals surface area contributed by atoms with Crippen LogP contribution < -0.4 is 11.1 Å². The number of para-hydroxylation sites is 2. The van der Waals surface area contributed by atoms with Gasteiger partial charge in [0, 0.05) is 18.2 Å². The number of hydrogen-bond donors (Lipinski definition) is 2. The number of nitrogen functional groups attached to an aromatic ring is 1. The maximum absolute atomic E-state index is 13.0. The van der Waals surface area contributed by atoms with Crippen molar-refractivity contribution in [3.05, 3.63) is 71.7 Å². The van der Waals surface area contributed by atoms with Crippen LogP contribution in [0.5, 0.6) is 0 Å². The first-order valence-corrected chi connectivity index (χ1v) is 7.22. The normalized spacial score (nSPS) is 18.0. The molecule has 4 heteroatoms. The molecule has 112 valence electrons. The number of halogens is 1. The van der Waals surface area contributed by atoms with Crippen LogP contribution in [0.25, 0.3) is 0 Å². The Morgan fingerprint density at radius 2 is 1.77 bits per heavy atom. The van der Waals surface area contributed by atoms with Gasteiger partial charge in [0.1, 0.15) is 5.82 Å². The third kappa shape index (κ3) is 3.17. The molecule has 1 unspecified atom stereocenters. The van der Waals surface area contributed by atoms with E-state index in [1.54, 1.807) is 18.2 Å². The van der Waals surface area contributed by atoms with Crippen molar-refractivity contribution in [1.29, 1.82) is 0 Å². The molecule has 3 N–H and O–H groups in total. The number of carbonyl (C=O) groups is 1. The highest BCUT2D eigenvalue weighted by atomic mass is 19.1. The molecule has 1 atom stereocenters. The van der Waals surface area contributed by atoms with Crippen molar-refractivity contribution in [2.24, 2.45) is 0 Å². The molecule has 0 aliphatic heterocycles. The van der Waals surface area contributed by atoms with E-state index in [0.29, 0.717) is 18.5 Å². The lowest BCUT2D eigenvalue weighted by Crippen LogP contribution is -2.17. The van der Waals surface area contributed by atoms with E-state index in [9.17, 15) is 9.18 Å². The average molecular weight is 296 g/mol. The first-order valence-electron chi connectivity index (χ1n) is 7.22. The molecular formula is C18H17FN2O. The predicted octanol–water partition coefficient (Wildman–Crippen LogP) is 3.85. The topological polar surface area (TPSA) is 55.1 Å². The Morgan fingerprint density at radius 3 is 2.50 bits per heavy atom. The summed E-state index contributed by atoms with van der Waals surface area (Å²) in [5, 5.41) is 3.23. The number of hydrogen-bond acceptors (Lipinski definition) is 3. The van der Waals surface area contributed by atoms with Crippen molar-refractivity contribution in [3.8, 4) is 0 Å². The van der Waals surface area contributed by atoms with Crippen LogP contribution >= 0.6 is 0 Å². The molecule has 3 nitrogen and oxygen atoms in total. The van der Waals surface area contributed by atoms with Crippen LogP contribution in [0.3, 0.4) is 0 Å². The maximum Gasteiger partial charge on any atom is 0.158 e. The second-order valence-electron chi connectivity index (χ2n) is 5.50. The van der Waals surface area contributed by atoms with Gasteiger partial charge in [0.25, 0.3) is 0 Å². The lowest BCUT2D eigenvalue weighted by atomic mass is 9.85. The lowest BCUT2D eigenvalue weighted by Gasteiger charge is -2.24. The second-order valence-corrected chi connectivity index (χ2v) is 5.50. The summed E-state index contributed by atoms with van der Waals surface area (Å²) in [5.41, 5.74) is 9.16. The van der Waals surface area contributed by atoms with Gasteiger partial charge in [0.05, 0.1) is 11.4 Å². The molecule has 0 spiro atoms. The fraction of sp³-hybridized carbons (Fsp3) is 0.167. The van der Waals surface area contributed by atoms with Gasteiger partial charge in [-0.25, -0.2) is 4.39 Å². The minimum absolute atomic E-state index is 0.0607. The fourth-order valence-corrected chi connectivity index (χ4v) is 2.73. The zero-order valence-electron chi connectivity index (χ0n) is 12.1. The van der Waals surface area contributed by atoms with Crippen LogP contribution in [0.15, 0.2) is 60.3 Å². The van der Waals surface area contributed by atoms with Crippen molar-refractivity contribution < 1.29 is 9.18 Å². The zero-order chi connectivity index (χ0) is 15.5. The molecule has 0 radical (unpaired) electrons. The van der Waals surface area contributed by atoms with E-state index >= 15 is 0 Å². The molecule has 2 aromatic carbocycles. The molecule has 0 saturated carbocycles. The third-order valence-electron chi connectivity index (χ3n) is 3.85. The molecule has 0 saturated heterocycles. The smallest absolute Gasteiger partial charge is 0.158 e. The molecule has 0 aromatic heterocycles. The fourth-order valence-electron chi connectivity index (χ4n) is 2.73. The van der Waals surface area contributed by atoms with Crippen molar-refractivity contribution in [2.45, 2.75) is 18.8 Å². The van der Waals surface area contributed by atoms with E-state index in [1.165, 1.54) is 12.1 Å². The number of ketones is 1. The van der Waals surface area contributed by atoms with E-state index in [2.05, 4.69) is 5.32 Å². The van der Waals surface area contributed by atoms with Gasteiger partial charge in [-0.05, 0) is 42.2 Å². The summed E-state index contributed by atoms with van der Waals surface area (Å²) in [6.45, 7) is 0. The van der Waals surface area contributed by atoms with E-state index in [-0.39, 0.29) is 17.5 Å². The van der Waals surface area contributed by atoms with Crippen molar-refractivity contribution in [1.82, 2.24) is 0 Å². The molecule has 0 fully saturated rings. The first-order chi connectivity index (χ1) is 10.6. The summed E-state index contributed by atoms with van der Waals surface area (Å²) in [5.74, 6) is -0.139. The van der Waals surface area contributed by atoms with Crippen LogP contribution in [-0.2, 0) is 4.79 Å². The van der Waals surface area contributed by atoms with Crippen LogP contribution in [0.4, 0.5) is 15.8 Å². The summed E-state index contributed by atoms with van der Waals surface area (Å²) in [4.78, 5) is 12.0. The van der Waals surface area contributed by atoms with Gasteiger partial charge in [-0.3, -0.25) is 4.79 Å². The highest BCUT2D eigenvalue weighted by Gasteiger charge is 2.22. The SMILES string of the molecule is Nc1ccccc1NC1=CC(=O)CC(c2ccc(F)cc2)C1. The van der Waals surface area contributed by atoms with Gasteiger partial charge in [0.2, 0.25) is 0 Å². The van der Waals surface area contributed by atoms with Gasteiger partial charge in [-0.2, -0.15) is 0 Å². The second kappa shape index (κ2) is 6.02. The molecule has 22 heavy (non-hydrogen) atoms. The molecule has 1 aliphatic carbocycles. The Labute approximate surface area is 128 Å². The number of allylic oxidation sites excluding steroid dienone is 2. The highest BCUT2D eigenvalue weighted by molar-refractivity contribution is 5.92. The minimum Gasteiger partial charge on any atom is -0.397 e. The van der Waals surface area contributed by atoms with Crippen molar-refractivity contribution in [2.75, 3.05) is 11.1 Å². The maximum atomic E-state index is 13.0. The summed E-state index contributed by atoms with van der Waals surface area (Å²) >= 11 is 0. The number of nitrogens with two attached hydrogens (primary N) is 1. The van der Waals surface area contributed by atoms with E-state index in [1.807, 2.05) is 24.3 Å². The van der Waals surface area contributed by atoms with Gasteiger partial charge in [0.15, 0.2) is 5.78 Å². The number of carbonyl (C=O) groups excluding carboxylic acids is 1. The molecule has 0 bridgehead atoms. The molecule has 1 aliphatic rings. The monoisotopic (exact) mass is 296 g/mol. The number of anilines is 2. The summed E-state index contributed by atoms with van der Waals surface area (Å²) < 4.78 is 13.0. The van der Waals surface area contributed by atoms with Crippen LogP contribution in [0.1, 0.15) is 24.3 Å². The Morgan fingerprint density at radius 1 is 1.05 bits per heavy atom. The van der Waals surface area contributed by atoms with Crippen molar-refractivity contribution >= 4 is 17.2 Å². The Balaban J connectivity index is 1.80. The van der Waals surface area contributed by atoms with Crippen molar-refractivity contribution in [3.63, 3.8) is 0 Å². The van der Waals surface area contributed by atoms with Gasteiger partial charge >= 0.3 is 0 Å². The third-order valence-corrected chi connectivity index (χ3v) is 3.85. The average Bonchev–Trinajstić information content (AvgIpc) is 2.50. The minimum atomic E-state index is -0.267. The highest BCUT2D eigenvalue weighted by Crippen LogP contribution is 2.32. The predicted molar refractivity (Wildman–Crippen MR) is 85.9 cm³/mol. The largest absolute Gasteiger partial charge is 0.397 e. The number of rotatable bonds is 3. The van der Waals surface area contributed by atoms with Gasteiger partial charge < -0.3 is 11.1 Å². The Kier molecular flexibility index (Phi) is 3.92. The summed E-state index contributed by atoms with van der Waals surface area (Å²) in [6, 6.07) is 13.8. The Bertz CT molecular complexity index is 722. The number of nitrogens with one attached hydrogen (secondary N) is 1. The van der Waals surface area contributed by atoms with E-state index < -0.39 is 0 Å². The molecule has 2 aromatic rings. The molecule has 0 amide bonds. The van der Waals surface area contributed by atoms with Gasteiger partial charge in [-0.15, -0.1) is 0 Å². The van der Waals surface area contributed by atoms with Crippen LogP contribution in [-0.4, -0.2) is 5.78 Å². The molecule has 0 heterocycles. The quantitative estimate of drug-likeness (QED) is 0.846. The standard InChI is InChI=1S/C18H17FN2O/c19-14-7-5-12(6-8-14)13-9-15(11-16(22)10-13)21-18-4-2-1-3-17(18)20/h1-8,11,13,21H,9-10,20H2. The summed E-state index contributed by atoms with van der Waals surface area (Å²) in [7, 11) is 0. The lowest BCUT2D eigenvalue weighted by molar-refractivity contribution is -0.115. The first kappa shape index (κ1) is 14.3. The zero-order valence-corrected chi connectivity index (χ0v) is 12.1. The van der Waals surface area contributed by atoms with Crippen LogP contribution in [0.2, 0.25) is 0 Å². The van der Waals surface area contributed by atoms with E-state index in [0.717, 1.165) is 16.9 Å². The number of benzene rings is 2. The Hall–Kier alpha value is -2.62.